The normalized spacial score (nSPS) is 11.2. The van der Waals surface area contributed by atoms with Gasteiger partial charge >= 0.3 is 5.69 Å². The van der Waals surface area contributed by atoms with Gasteiger partial charge in [0.1, 0.15) is 16.9 Å². The van der Waals surface area contributed by atoms with Crippen LogP contribution in [0, 0.1) is 10.1 Å². The van der Waals surface area contributed by atoms with Gasteiger partial charge in [0.2, 0.25) is 0 Å². The summed E-state index contributed by atoms with van der Waals surface area (Å²) in [5, 5.41) is 44.9. The molecule has 0 aliphatic carbocycles. The van der Waals surface area contributed by atoms with Crippen LogP contribution in [0.1, 0.15) is 13.3 Å². The average molecular weight is 299 g/mol. The fourth-order valence-electron chi connectivity index (χ4n) is 1.80. The van der Waals surface area contributed by atoms with Crippen LogP contribution < -0.4 is 10.6 Å². The molecule has 118 valence electrons. The maximum Gasteiger partial charge on any atom is 0.315 e. The summed E-state index contributed by atoms with van der Waals surface area (Å²) >= 11 is 0. The molecular weight excluding hydrogens is 278 g/mol. The molecule has 8 nitrogen and oxygen atoms in total. The van der Waals surface area contributed by atoms with Crippen molar-refractivity contribution in [1.29, 1.82) is 0 Å². The second-order valence-electron chi connectivity index (χ2n) is 4.77. The van der Waals surface area contributed by atoms with Crippen LogP contribution in [-0.4, -0.2) is 52.1 Å². The molecule has 0 amide bonds. The Bertz CT molecular complexity index is 469. The van der Waals surface area contributed by atoms with Gasteiger partial charge in [0, 0.05) is 6.54 Å². The zero-order valence-electron chi connectivity index (χ0n) is 11.9. The maximum absolute atomic E-state index is 11.3. The van der Waals surface area contributed by atoms with Crippen LogP contribution in [0.5, 0.6) is 0 Å². The molecule has 0 fully saturated rings. The third kappa shape index (κ3) is 4.03. The fourth-order valence-corrected chi connectivity index (χ4v) is 1.80. The molecule has 1 aromatic carbocycles. The first-order chi connectivity index (χ1) is 10.0. The van der Waals surface area contributed by atoms with Crippen LogP contribution in [0.3, 0.4) is 0 Å². The van der Waals surface area contributed by atoms with Crippen LogP contribution in [0.15, 0.2) is 18.2 Å². The Morgan fingerprint density at radius 2 is 1.76 bits per heavy atom. The van der Waals surface area contributed by atoms with Crippen molar-refractivity contribution >= 4 is 17.1 Å². The SMILES string of the molecule is CCCNc1cccc(NC(CO)(CO)CO)c1[N+](=O)[O-]. The summed E-state index contributed by atoms with van der Waals surface area (Å²) in [6.07, 6.45) is 0.808. The number of nitro groups is 1. The number of para-hydroxylation sites is 1. The Kier molecular flexibility index (Phi) is 6.35. The van der Waals surface area contributed by atoms with Gasteiger partial charge in [-0.15, -0.1) is 0 Å². The highest BCUT2D eigenvalue weighted by Gasteiger charge is 2.31. The summed E-state index contributed by atoms with van der Waals surface area (Å²) < 4.78 is 0. The van der Waals surface area contributed by atoms with Crippen molar-refractivity contribution in [3.8, 4) is 0 Å². The van der Waals surface area contributed by atoms with E-state index in [9.17, 15) is 25.4 Å². The third-order valence-corrected chi connectivity index (χ3v) is 3.09. The fraction of sp³-hybridized carbons (Fsp3) is 0.538. The van der Waals surface area contributed by atoms with Gasteiger partial charge in [0.25, 0.3) is 0 Å². The van der Waals surface area contributed by atoms with Gasteiger partial charge in [-0.3, -0.25) is 10.1 Å². The summed E-state index contributed by atoms with van der Waals surface area (Å²) in [5.41, 5.74) is -1.15. The van der Waals surface area contributed by atoms with E-state index in [1.54, 1.807) is 12.1 Å². The van der Waals surface area contributed by atoms with Crippen molar-refractivity contribution in [3.63, 3.8) is 0 Å². The van der Waals surface area contributed by atoms with Crippen LogP contribution in [-0.2, 0) is 0 Å². The zero-order chi connectivity index (χ0) is 15.9. The predicted molar refractivity (Wildman–Crippen MR) is 79.5 cm³/mol. The Hall–Kier alpha value is -1.90. The summed E-state index contributed by atoms with van der Waals surface area (Å²) in [6, 6.07) is 4.66. The number of rotatable bonds is 9. The molecule has 8 heteroatoms. The van der Waals surface area contributed by atoms with E-state index >= 15 is 0 Å². The predicted octanol–water partition coefficient (Wildman–Crippen LogP) is 0.544. The van der Waals surface area contributed by atoms with E-state index in [1.165, 1.54) is 6.07 Å². The van der Waals surface area contributed by atoms with Crippen LogP contribution in [0.2, 0.25) is 0 Å². The summed E-state index contributed by atoms with van der Waals surface area (Å²) in [6.45, 7) is 0.821. The lowest BCUT2D eigenvalue weighted by molar-refractivity contribution is -0.383. The highest BCUT2D eigenvalue weighted by atomic mass is 16.6. The highest BCUT2D eigenvalue weighted by Crippen LogP contribution is 2.34. The van der Waals surface area contributed by atoms with Gasteiger partial charge in [0.15, 0.2) is 0 Å². The number of nitrogens with zero attached hydrogens (tertiary/aromatic N) is 1. The number of aliphatic hydroxyl groups is 3. The van der Waals surface area contributed by atoms with E-state index in [2.05, 4.69) is 10.6 Å². The zero-order valence-corrected chi connectivity index (χ0v) is 11.9. The molecule has 0 aliphatic heterocycles. The molecule has 0 radical (unpaired) electrons. The minimum Gasteiger partial charge on any atom is -0.394 e. The van der Waals surface area contributed by atoms with Crippen LogP contribution >= 0.6 is 0 Å². The largest absolute Gasteiger partial charge is 0.394 e. The van der Waals surface area contributed by atoms with Gasteiger partial charge in [0.05, 0.1) is 24.7 Å². The van der Waals surface area contributed by atoms with Crippen molar-refractivity contribution in [1.82, 2.24) is 0 Å². The summed E-state index contributed by atoms with van der Waals surface area (Å²) in [7, 11) is 0. The molecule has 1 aromatic rings. The van der Waals surface area contributed by atoms with E-state index < -0.39 is 30.3 Å². The first-order valence-corrected chi connectivity index (χ1v) is 6.65. The molecule has 0 aromatic heterocycles. The summed E-state index contributed by atoms with van der Waals surface area (Å²) in [4.78, 5) is 10.8. The minimum absolute atomic E-state index is 0.123. The standard InChI is InChI=1S/C13H21N3O5/c1-2-6-14-10-4-3-5-11(12(10)16(20)21)15-13(7-17,8-18)9-19/h3-5,14-15,17-19H,2,6-9H2,1H3. The Morgan fingerprint density at radius 3 is 2.24 bits per heavy atom. The lowest BCUT2D eigenvalue weighted by Crippen LogP contribution is -2.49. The third-order valence-electron chi connectivity index (χ3n) is 3.09. The monoisotopic (exact) mass is 299 g/mol. The average Bonchev–Trinajstić information content (AvgIpc) is 2.50. The van der Waals surface area contributed by atoms with Crippen molar-refractivity contribution < 1.29 is 20.2 Å². The number of hydrogen-bond donors (Lipinski definition) is 5. The van der Waals surface area contributed by atoms with Crippen LogP contribution in [0.4, 0.5) is 17.1 Å². The van der Waals surface area contributed by atoms with Gasteiger partial charge in [-0.05, 0) is 18.6 Å². The van der Waals surface area contributed by atoms with Crippen molar-refractivity contribution in [3.05, 3.63) is 28.3 Å². The van der Waals surface area contributed by atoms with E-state index in [4.69, 9.17) is 0 Å². The van der Waals surface area contributed by atoms with E-state index in [-0.39, 0.29) is 11.4 Å². The van der Waals surface area contributed by atoms with Gasteiger partial charge in [-0.25, -0.2) is 0 Å². The number of hydrogen-bond acceptors (Lipinski definition) is 7. The first-order valence-electron chi connectivity index (χ1n) is 6.65. The number of nitrogens with one attached hydrogen (secondary N) is 2. The molecule has 5 N–H and O–H groups in total. The molecule has 21 heavy (non-hydrogen) atoms. The number of aliphatic hydroxyl groups excluding tert-OH is 3. The van der Waals surface area contributed by atoms with Crippen molar-refractivity contribution in [2.45, 2.75) is 18.9 Å². The molecule has 0 saturated heterocycles. The highest BCUT2D eigenvalue weighted by molar-refractivity contribution is 5.76. The molecule has 0 heterocycles. The van der Waals surface area contributed by atoms with E-state index in [0.717, 1.165) is 6.42 Å². The lowest BCUT2D eigenvalue weighted by Gasteiger charge is -2.29. The topological polar surface area (TPSA) is 128 Å². The molecule has 0 unspecified atom stereocenters. The molecular formula is C13H21N3O5. The molecule has 0 aliphatic rings. The number of nitro benzene ring substituents is 1. The van der Waals surface area contributed by atoms with Crippen molar-refractivity contribution in [2.24, 2.45) is 0 Å². The number of benzene rings is 1. The van der Waals surface area contributed by atoms with Crippen molar-refractivity contribution in [2.75, 3.05) is 37.0 Å². The van der Waals surface area contributed by atoms with Crippen LogP contribution in [0.25, 0.3) is 0 Å². The van der Waals surface area contributed by atoms with Gasteiger partial charge < -0.3 is 26.0 Å². The maximum atomic E-state index is 11.3. The minimum atomic E-state index is -1.42. The Labute approximate surface area is 122 Å². The molecule has 0 spiro atoms. The van der Waals surface area contributed by atoms with Gasteiger partial charge in [-0.1, -0.05) is 13.0 Å². The van der Waals surface area contributed by atoms with Gasteiger partial charge in [-0.2, -0.15) is 0 Å². The number of anilines is 2. The summed E-state index contributed by atoms with van der Waals surface area (Å²) in [5.74, 6) is 0. The van der Waals surface area contributed by atoms with E-state index in [1.807, 2.05) is 6.92 Å². The molecule has 0 bridgehead atoms. The Balaban J connectivity index is 3.19. The second-order valence-corrected chi connectivity index (χ2v) is 4.77. The smallest absolute Gasteiger partial charge is 0.315 e. The Morgan fingerprint density at radius 1 is 1.19 bits per heavy atom. The molecule has 0 saturated carbocycles. The second kappa shape index (κ2) is 7.77. The molecule has 0 atom stereocenters. The van der Waals surface area contributed by atoms with E-state index in [0.29, 0.717) is 12.2 Å². The quantitative estimate of drug-likeness (QED) is 0.332. The first kappa shape index (κ1) is 17.2. The lowest BCUT2D eigenvalue weighted by atomic mass is 10.0. The molecule has 1 rings (SSSR count).